The van der Waals surface area contributed by atoms with E-state index in [1.165, 1.54) is 13.1 Å². The Balaban J connectivity index is 3.17. The Morgan fingerprint density at radius 3 is 2.64 bits per heavy atom. The number of aromatic nitrogens is 1. The third-order valence-electron chi connectivity index (χ3n) is 1.73. The third kappa shape index (κ3) is 2.22. The van der Waals surface area contributed by atoms with Gasteiger partial charge in [-0.2, -0.15) is 18.4 Å². The quantitative estimate of drug-likeness (QED) is 0.698. The van der Waals surface area contributed by atoms with E-state index in [2.05, 4.69) is 4.98 Å². The molecule has 0 saturated heterocycles. The first-order chi connectivity index (χ1) is 6.45. The Hall–Kier alpha value is -1.57. The molecule has 0 aliphatic rings. The third-order valence-corrected chi connectivity index (χ3v) is 1.73. The molecule has 0 saturated carbocycles. The van der Waals surface area contributed by atoms with E-state index in [1.54, 1.807) is 6.07 Å². The molecule has 0 fully saturated rings. The smallest absolute Gasteiger partial charge is 0.261 e. The predicted octanol–water partition coefficient (Wildman–Crippen LogP) is 2.47. The van der Waals surface area contributed by atoms with Gasteiger partial charge in [-0.15, -0.1) is 0 Å². The molecule has 5 heteroatoms. The Labute approximate surface area is 79.0 Å². The second-order valence-electron chi connectivity index (χ2n) is 2.81. The van der Waals surface area contributed by atoms with Crippen molar-refractivity contribution in [1.29, 1.82) is 5.26 Å². The molecule has 0 atom stereocenters. The Bertz CT molecular complexity index is 377. The molecular formula is C9H7F3N2. The molecule has 0 radical (unpaired) electrons. The molecule has 0 aliphatic heterocycles. The second kappa shape index (κ2) is 3.66. The minimum absolute atomic E-state index is 0.0592. The lowest BCUT2D eigenvalue weighted by Gasteiger charge is -2.09. The molecule has 0 unspecified atom stereocenters. The molecule has 1 rings (SSSR count). The lowest BCUT2D eigenvalue weighted by Crippen LogP contribution is -2.09. The number of pyridine rings is 1. The number of aryl methyl sites for hydroxylation is 1. The molecule has 0 amide bonds. The van der Waals surface area contributed by atoms with Crippen LogP contribution < -0.4 is 0 Å². The lowest BCUT2D eigenvalue weighted by atomic mass is 10.1. The molecule has 0 spiro atoms. The van der Waals surface area contributed by atoms with E-state index in [9.17, 15) is 13.2 Å². The van der Waals surface area contributed by atoms with Crippen molar-refractivity contribution in [3.05, 3.63) is 29.1 Å². The summed E-state index contributed by atoms with van der Waals surface area (Å²) < 4.78 is 37.0. The molecule has 0 N–H and O–H groups in total. The maximum atomic E-state index is 12.3. The maximum Gasteiger partial charge on any atom is 0.418 e. The highest BCUT2D eigenvalue weighted by molar-refractivity contribution is 5.28. The van der Waals surface area contributed by atoms with Gasteiger partial charge in [-0.25, -0.2) is 0 Å². The van der Waals surface area contributed by atoms with Crippen LogP contribution in [0.25, 0.3) is 0 Å². The van der Waals surface area contributed by atoms with Crippen LogP contribution in [-0.2, 0) is 12.6 Å². The van der Waals surface area contributed by atoms with Gasteiger partial charge in [0.05, 0.1) is 18.1 Å². The Kier molecular flexibility index (Phi) is 2.75. The van der Waals surface area contributed by atoms with Crippen LogP contribution in [-0.4, -0.2) is 4.98 Å². The van der Waals surface area contributed by atoms with Crippen LogP contribution in [0.1, 0.15) is 16.8 Å². The van der Waals surface area contributed by atoms with Gasteiger partial charge in [0.15, 0.2) is 0 Å². The molecule has 0 aromatic carbocycles. The average Bonchev–Trinajstić information content (AvgIpc) is 2.07. The maximum absolute atomic E-state index is 12.3. The van der Waals surface area contributed by atoms with Crippen molar-refractivity contribution >= 4 is 0 Å². The van der Waals surface area contributed by atoms with Crippen LogP contribution in [0.5, 0.6) is 0 Å². The van der Waals surface area contributed by atoms with E-state index < -0.39 is 11.7 Å². The molecule has 1 aromatic heterocycles. The van der Waals surface area contributed by atoms with E-state index in [0.717, 1.165) is 6.07 Å². The van der Waals surface area contributed by atoms with E-state index in [-0.39, 0.29) is 17.7 Å². The van der Waals surface area contributed by atoms with E-state index in [1.807, 2.05) is 0 Å². The number of nitriles is 1. The highest BCUT2D eigenvalue weighted by atomic mass is 19.4. The zero-order valence-electron chi connectivity index (χ0n) is 7.39. The first kappa shape index (κ1) is 10.5. The fourth-order valence-corrected chi connectivity index (χ4v) is 1.05. The van der Waals surface area contributed by atoms with Crippen LogP contribution in [0.15, 0.2) is 12.3 Å². The van der Waals surface area contributed by atoms with Crippen molar-refractivity contribution < 1.29 is 13.2 Å². The van der Waals surface area contributed by atoms with Gasteiger partial charge in [-0.1, -0.05) is 0 Å². The normalized spacial score (nSPS) is 11.1. The minimum atomic E-state index is -4.40. The standard InChI is InChI=1S/C9H7F3N2/c1-6-8(9(10,11)12)4-7(2-3-13)5-14-6/h4-5H,2H2,1H3. The van der Waals surface area contributed by atoms with E-state index in [0.29, 0.717) is 0 Å². The number of hydrogen-bond acceptors (Lipinski definition) is 2. The van der Waals surface area contributed by atoms with Gasteiger partial charge < -0.3 is 0 Å². The zero-order chi connectivity index (χ0) is 10.8. The monoisotopic (exact) mass is 200 g/mol. The number of alkyl halides is 3. The first-order valence-corrected chi connectivity index (χ1v) is 3.85. The van der Waals surface area contributed by atoms with E-state index in [4.69, 9.17) is 5.26 Å². The first-order valence-electron chi connectivity index (χ1n) is 3.85. The molecule has 2 nitrogen and oxygen atoms in total. The molecule has 1 heterocycles. The molecule has 0 aliphatic carbocycles. The van der Waals surface area contributed by atoms with Gasteiger partial charge in [0.25, 0.3) is 0 Å². The van der Waals surface area contributed by atoms with Crippen LogP contribution in [0, 0.1) is 18.3 Å². The van der Waals surface area contributed by atoms with Gasteiger partial charge in [0.2, 0.25) is 0 Å². The fraction of sp³-hybridized carbons (Fsp3) is 0.333. The molecule has 0 bridgehead atoms. The van der Waals surface area contributed by atoms with Crippen molar-refractivity contribution in [3.63, 3.8) is 0 Å². The molecule has 1 aromatic rings. The molecule has 14 heavy (non-hydrogen) atoms. The van der Waals surface area contributed by atoms with Gasteiger partial charge in [-0.05, 0) is 18.6 Å². The molecular weight excluding hydrogens is 193 g/mol. The van der Waals surface area contributed by atoms with Crippen molar-refractivity contribution in [3.8, 4) is 6.07 Å². The summed E-state index contributed by atoms with van der Waals surface area (Å²) in [6.45, 7) is 1.29. The van der Waals surface area contributed by atoms with Gasteiger partial charge in [0.1, 0.15) is 0 Å². The molecule has 74 valence electrons. The summed E-state index contributed by atoms with van der Waals surface area (Å²) in [5.41, 5.74) is -0.560. The predicted molar refractivity (Wildman–Crippen MR) is 43.3 cm³/mol. The zero-order valence-corrected chi connectivity index (χ0v) is 7.39. The van der Waals surface area contributed by atoms with Crippen LogP contribution in [0.2, 0.25) is 0 Å². The van der Waals surface area contributed by atoms with Crippen molar-refractivity contribution in [1.82, 2.24) is 4.98 Å². The summed E-state index contributed by atoms with van der Waals surface area (Å²) in [5.74, 6) is 0. The van der Waals surface area contributed by atoms with E-state index >= 15 is 0 Å². The van der Waals surface area contributed by atoms with Crippen molar-refractivity contribution in [2.24, 2.45) is 0 Å². The topological polar surface area (TPSA) is 36.7 Å². The van der Waals surface area contributed by atoms with Crippen LogP contribution in [0.4, 0.5) is 13.2 Å². The Morgan fingerprint density at radius 2 is 2.14 bits per heavy atom. The van der Waals surface area contributed by atoms with Crippen molar-refractivity contribution in [2.45, 2.75) is 19.5 Å². The largest absolute Gasteiger partial charge is 0.418 e. The second-order valence-corrected chi connectivity index (χ2v) is 2.81. The number of rotatable bonds is 1. The Morgan fingerprint density at radius 1 is 1.50 bits per heavy atom. The summed E-state index contributed by atoms with van der Waals surface area (Å²) >= 11 is 0. The summed E-state index contributed by atoms with van der Waals surface area (Å²) in [4.78, 5) is 3.59. The number of halogens is 3. The van der Waals surface area contributed by atoms with Crippen molar-refractivity contribution in [2.75, 3.05) is 0 Å². The number of nitrogens with zero attached hydrogens (tertiary/aromatic N) is 2. The van der Waals surface area contributed by atoms with Gasteiger partial charge >= 0.3 is 6.18 Å². The fourth-order valence-electron chi connectivity index (χ4n) is 1.05. The SMILES string of the molecule is Cc1ncc(CC#N)cc1C(F)(F)F. The average molecular weight is 200 g/mol. The summed E-state index contributed by atoms with van der Waals surface area (Å²) in [6, 6.07) is 2.74. The highest BCUT2D eigenvalue weighted by Crippen LogP contribution is 2.31. The lowest BCUT2D eigenvalue weighted by molar-refractivity contribution is -0.138. The summed E-state index contributed by atoms with van der Waals surface area (Å²) in [7, 11) is 0. The number of hydrogen-bond donors (Lipinski definition) is 0. The van der Waals surface area contributed by atoms with Crippen LogP contribution in [0.3, 0.4) is 0 Å². The summed E-state index contributed by atoms with van der Waals surface area (Å²) in [6.07, 6.45) is -3.17. The highest BCUT2D eigenvalue weighted by Gasteiger charge is 2.33. The van der Waals surface area contributed by atoms with Gasteiger partial charge in [0, 0.05) is 11.9 Å². The van der Waals surface area contributed by atoms with Gasteiger partial charge in [-0.3, -0.25) is 4.98 Å². The van der Waals surface area contributed by atoms with Crippen LogP contribution >= 0.6 is 0 Å². The minimum Gasteiger partial charge on any atom is -0.261 e. The summed E-state index contributed by atoms with van der Waals surface area (Å²) in [5, 5.41) is 8.32.